The first kappa shape index (κ1) is 21.3. The molecule has 2 aromatic rings. The Labute approximate surface area is 175 Å². The van der Waals surface area contributed by atoms with Gasteiger partial charge in [0.05, 0.1) is 13.1 Å². The number of aromatic nitrogens is 3. The van der Waals surface area contributed by atoms with Gasteiger partial charge >= 0.3 is 0 Å². The van der Waals surface area contributed by atoms with E-state index in [0.29, 0.717) is 19.1 Å². The highest BCUT2D eigenvalue weighted by molar-refractivity contribution is 7.09. The third-order valence-electron chi connectivity index (χ3n) is 5.15. The lowest BCUT2D eigenvalue weighted by Gasteiger charge is -2.32. The topological polar surface area (TPSA) is 99.5 Å². The third-order valence-corrected chi connectivity index (χ3v) is 6.02. The molecule has 3 rings (SSSR count). The fraction of sp³-hybridized carbons (Fsp3) is 0.579. The molecule has 3 N–H and O–H groups in total. The lowest BCUT2D eigenvalue weighted by Crippen LogP contribution is -2.49. The molecule has 0 saturated carbocycles. The molecule has 0 atom stereocenters. The van der Waals surface area contributed by atoms with Crippen LogP contribution in [0.3, 0.4) is 0 Å². The first-order valence-electron chi connectivity index (χ1n) is 9.90. The third kappa shape index (κ3) is 6.26. The van der Waals surface area contributed by atoms with Crippen LogP contribution in [-0.2, 0) is 24.9 Å². The van der Waals surface area contributed by atoms with E-state index in [1.165, 1.54) is 4.88 Å². The second-order valence-electron chi connectivity index (χ2n) is 7.19. The van der Waals surface area contributed by atoms with E-state index in [9.17, 15) is 4.79 Å². The summed E-state index contributed by atoms with van der Waals surface area (Å²) < 4.78 is 1.96. The number of amides is 1. The molecule has 0 spiro atoms. The number of hydrogen-bond acceptors (Lipinski definition) is 6. The van der Waals surface area contributed by atoms with E-state index < -0.39 is 0 Å². The molecule has 1 fully saturated rings. The number of guanidine groups is 1. The molecular formula is C19H30N8OS. The Hall–Kier alpha value is -2.46. The molecule has 9 nitrogen and oxygen atoms in total. The van der Waals surface area contributed by atoms with Crippen LogP contribution in [0.5, 0.6) is 0 Å². The van der Waals surface area contributed by atoms with Crippen LogP contribution in [0.15, 0.2) is 22.5 Å². The van der Waals surface area contributed by atoms with Gasteiger partial charge in [-0.2, -0.15) is 0 Å². The summed E-state index contributed by atoms with van der Waals surface area (Å²) >= 11 is 1.72. The van der Waals surface area contributed by atoms with Crippen LogP contribution < -0.4 is 16.0 Å². The van der Waals surface area contributed by atoms with Crippen molar-refractivity contribution in [1.29, 1.82) is 0 Å². The quantitative estimate of drug-likeness (QED) is 0.451. The van der Waals surface area contributed by atoms with Crippen molar-refractivity contribution in [2.24, 2.45) is 12.0 Å². The van der Waals surface area contributed by atoms with Gasteiger partial charge in [-0.15, -0.1) is 21.5 Å². The van der Waals surface area contributed by atoms with Gasteiger partial charge < -0.3 is 20.5 Å². The number of piperidine rings is 1. The first-order chi connectivity index (χ1) is 14.0. The van der Waals surface area contributed by atoms with Crippen LogP contribution in [0.1, 0.15) is 29.4 Å². The zero-order valence-corrected chi connectivity index (χ0v) is 18.1. The zero-order chi connectivity index (χ0) is 20.6. The predicted molar refractivity (Wildman–Crippen MR) is 115 cm³/mol. The van der Waals surface area contributed by atoms with Crippen LogP contribution in [0, 0.1) is 6.92 Å². The highest BCUT2D eigenvalue weighted by atomic mass is 32.1. The molecule has 1 aliphatic heterocycles. The fourth-order valence-electron chi connectivity index (χ4n) is 3.19. The van der Waals surface area contributed by atoms with Gasteiger partial charge in [-0.3, -0.25) is 9.69 Å². The Morgan fingerprint density at radius 3 is 2.76 bits per heavy atom. The maximum absolute atomic E-state index is 11.6. The normalized spacial score (nSPS) is 16.0. The largest absolute Gasteiger partial charge is 0.358 e. The van der Waals surface area contributed by atoms with E-state index in [1.807, 2.05) is 18.5 Å². The monoisotopic (exact) mass is 418 g/mol. The van der Waals surface area contributed by atoms with Gasteiger partial charge in [0.15, 0.2) is 11.8 Å². The summed E-state index contributed by atoms with van der Waals surface area (Å²) in [6.07, 6.45) is 1.94. The maximum Gasteiger partial charge on any atom is 0.233 e. The molecule has 1 amide bonds. The lowest BCUT2D eigenvalue weighted by molar-refractivity contribution is -0.122. The van der Waals surface area contributed by atoms with E-state index in [2.05, 4.69) is 48.6 Å². The van der Waals surface area contributed by atoms with E-state index in [0.717, 1.165) is 50.1 Å². The van der Waals surface area contributed by atoms with Crippen molar-refractivity contribution in [3.05, 3.63) is 34.0 Å². The molecule has 3 heterocycles. The number of likely N-dealkylation sites (tertiary alicyclic amines) is 1. The second kappa shape index (κ2) is 10.4. The molecule has 29 heavy (non-hydrogen) atoms. The Morgan fingerprint density at radius 1 is 1.34 bits per heavy atom. The molecular weight excluding hydrogens is 388 g/mol. The van der Waals surface area contributed by atoms with Crippen molar-refractivity contribution in [1.82, 2.24) is 35.6 Å². The summed E-state index contributed by atoms with van der Waals surface area (Å²) in [5, 5.41) is 20.1. The number of likely N-dealkylation sites (N-methyl/N-ethyl adjacent to an activating group) is 1. The number of aryl methyl sites for hydroxylation is 1. The summed E-state index contributed by atoms with van der Waals surface area (Å²) in [5.74, 6) is 2.55. The fourth-order valence-corrected chi connectivity index (χ4v) is 3.83. The van der Waals surface area contributed by atoms with Crippen molar-refractivity contribution in [3.8, 4) is 0 Å². The lowest BCUT2D eigenvalue weighted by atomic mass is 10.1. The van der Waals surface area contributed by atoms with Gasteiger partial charge in [-0.25, -0.2) is 4.99 Å². The van der Waals surface area contributed by atoms with Gasteiger partial charge in [-0.05, 0) is 31.2 Å². The number of aliphatic imine (C=N–C) groups is 1. The Morgan fingerprint density at radius 2 is 2.14 bits per heavy atom. The average Bonchev–Trinajstić information content (AvgIpc) is 3.36. The van der Waals surface area contributed by atoms with Crippen molar-refractivity contribution in [2.75, 3.05) is 26.7 Å². The molecule has 0 bridgehead atoms. The molecule has 0 unspecified atom stereocenters. The van der Waals surface area contributed by atoms with Crippen LogP contribution in [0.2, 0.25) is 0 Å². The molecule has 0 aromatic carbocycles. The van der Waals surface area contributed by atoms with Gasteiger partial charge in [0.1, 0.15) is 12.4 Å². The maximum atomic E-state index is 11.6. The molecule has 2 aromatic heterocycles. The van der Waals surface area contributed by atoms with Gasteiger partial charge in [-0.1, -0.05) is 6.07 Å². The number of rotatable bonds is 7. The van der Waals surface area contributed by atoms with Crippen molar-refractivity contribution in [3.63, 3.8) is 0 Å². The number of carbonyl (C=O) groups is 1. The summed E-state index contributed by atoms with van der Waals surface area (Å²) in [6, 6.07) is 4.49. The van der Waals surface area contributed by atoms with Crippen LogP contribution in [0.25, 0.3) is 0 Å². The molecule has 0 radical (unpaired) electrons. The summed E-state index contributed by atoms with van der Waals surface area (Å²) in [5.41, 5.74) is 0. The van der Waals surface area contributed by atoms with Crippen LogP contribution in [-0.4, -0.2) is 64.3 Å². The van der Waals surface area contributed by atoms with Gasteiger partial charge in [0.25, 0.3) is 0 Å². The van der Waals surface area contributed by atoms with E-state index in [4.69, 9.17) is 4.99 Å². The van der Waals surface area contributed by atoms with Crippen molar-refractivity contribution < 1.29 is 4.79 Å². The Balaban J connectivity index is 1.58. The molecule has 1 saturated heterocycles. The minimum Gasteiger partial charge on any atom is -0.358 e. The first-order valence-corrected chi connectivity index (χ1v) is 10.8. The molecule has 1 aliphatic rings. The highest BCUT2D eigenvalue weighted by Gasteiger charge is 2.21. The SMILES string of the molecule is CNC(=O)CN1CCC(NC(=NCc2nnc(C)n2C)NCc2cccs2)CC1. The number of carbonyl (C=O) groups excluding carboxylic acids is 1. The van der Waals surface area contributed by atoms with Gasteiger partial charge in [0, 0.05) is 38.1 Å². The van der Waals surface area contributed by atoms with Crippen LogP contribution >= 0.6 is 11.3 Å². The van der Waals surface area contributed by atoms with Crippen molar-refractivity contribution >= 4 is 23.2 Å². The van der Waals surface area contributed by atoms with E-state index >= 15 is 0 Å². The summed E-state index contributed by atoms with van der Waals surface area (Å²) in [6.45, 7) is 5.38. The minimum atomic E-state index is 0.0650. The van der Waals surface area contributed by atoms with E-state index in [-0.39, 0.29) is 5.91 Å². The minimum absolute atomic E-state index is 0.0650. The summed E-state index contributed by atoms with van der Waals surface area (Å²) in [4.78, 5) is 19.8. The number of hydrogen-bond donors (Lipinski definition) is 3. The van der Waals surface area contributed by atoms with Gasteiger partial charge in [0.2, 0.25) is 5.91 Å². The predicted octanol–water partition coefficient (Wildman–Crippen LogP) is 0.631. The number of nitrogens with zero attached hydrogens (tertiary/aromatic N) is 5. The number of thiophene rings is 1. The Kier molecular flexibility index (Phi) is 7.59. The summed E-state index contributed by atoms with van der Waals surface area (Å²) in [7, 11) is 3.63. The zero-order valence-electron chi connectivity index (χ0n) is 17.3. The smallest absolute Gasteiger partial charge is 0.233 e. The van der Waals surface area contributed by atoms with Crippen molar-refractivity contribution in [2.45, 2.75) is 38.9 Å². The number of nitrogens with one attached hydrogen (secondary N) is 3. The van der Waals surface area contributed by atoms with E-state index in [1.54, 1.807) is 18.4 Å². The molecule has 158 valence electrons. The average molecular weight is 419 g/mol. The second-order valence-corrected chi connectivity index (χ2v) is 8.22. The molecule has 0 aliphatic carbocycles. The Bertz CT molecular complexity index is 808. The molecule has 10 heteroatoms. The standard InChI is InChI=1S/C19H30N8OS/c1-14-24-25-17(26(14)3)12-22-19(21-11-16-5-4-10-29-16)23-15-6-8-27(9-7-15)13-18(28)20-2/h4-5,10,15H,6-9,11-13H2,1-3H3,(H,20,28)(H2,21,22,23). The highest BCUT2D eigenvalue weighted by Crippen LogP contribution is 2.11. The van der Waals surface area contributed by atoms with Crippen LogP contribution in [0.4, 0.5) is 0 Å².